The van der Waals surface area contributed by atoms with Crippen molar-refractivity contribution in [2.45, 2.75) is 75.0 Å². The zero-order valence-corrected chi connectivity index (χ0v) is 32.6. The van der Waals surface area contributed by atoms with Crippen LogP contribution in [0.15, 0.2) is 34.1 Å². The monoisotopic (exact) mass is 872 g/mol. The zero-order valence-electron chi connectivity index (χ0n) is 31.1. The van der Waals surface area contributed by atoms with Gasteiger partial charge in [0.15, 0.2) is 0 Å². The average Bonchev–Trinajstić information content (AvgIpc) is 3.98. The lowest BCUT2D eigenvalue weighted by Crippen LogP contribution is -2.30. The Kier molecular flexibility index (Phi) is 11.1. The molecule has 0 bridgehead atoms. The summed E-state index contributed by atoms with van der Waals surface area (Å²) in [7, 11) is 0. The number of alkyl halides is 2. The maximum atomic E-state index is 15.0. The van der Waals surface area contributed by atoms with Crippen molar-refractivity contribution in [2.24, 2.45) is 22.3 Å². The minimum atomic E-state index is -1.45. The van der Waals surface area contributed by atoms with Crippen molar-refractivity contribution in [3.8, 4) is 0 Å². The second-order valence-electron chi connectivity index (χ2n) is 16.3. The molecule has 2 aromatic carbocycles. The Morgan fingerprint density at radius 3 is 1.25 bits per heavy atom. The van der Waals surface area contributed by atoms with Crippen molar-refractivity contribution < 1.29 is 53.8 Å². The van der Waals surface area contributed by atoms with Crippen molar-refractivity contribution in [1.29, 1.82) is 0 Å². The molecule has 2 aliphatic heterocycles. The fraction of sp³-hybridized carbons (Fsp3) is 0.474. The SMILES string of the molecule is N[C@@H]1CN(c2c(F)cc3c(=O)c(C(=O)O)cn(C4C[C@@H]4F)c3c2Cl)CC12CC2.N[C@@H]1CN(c2c(F)cc3c(=O)c(C(=O)O)cn(C4C[C@@H]4F)c3c2Cl)CC12CC2.O.O.O. The Labute approximate surface area is 341 Å². The Balaban J connectivity index is 0.000000189. The summed E-state index contributed by atoms with van der Waals surface area (Å²) in [6, 6.07) is 0.616. The molecular weight excluding hydrogens is 831 g/mol. The summed E-state index contributed by atoms with van der Waals surface area (Å²) in [4.78, 5) is 51.7. The third-order valence-corrected chi connectivity index (χ3v) is 13.5. The minimum Gasteiger partial charge on any atom is -0.477 e. The lowest BCUT2D eigenvalue weighted by atomic mass is 10.0. The number of hydrogen-bond acceptors (Lipinski definition) is 8. The first kappa shape index (κ1) is 44.1. The number of halogens is 6. The lowest BCUT2D eigenvalue weighted by molar-refractivity contribution is 0.0684. The van der Waals surface area contributed by atoms with Gasteiger partial charge in [0, 0.05) is 74.3 Å². The molecule has 6 atom stereocenters. The number of fused-ring (bicyclic) bond motifs is 2. The maximum Gasteiger partial charge on any atom is 0.341 e. The summed E-state index contributed by atoms with van der Waals surface area (Å²) < 4.78 is 60.4. The molecular formula is C38H42Cl2F4N6O9. The van der Waals surface area contributed by atoms with Crippen molar-refractivity contribution in [2.75, 3.05) is 36.0 Å². The predicted octanol–water partition coefficient (Wildman–Crippen LogP) is 2.93. The highest BCUT2D eigenvalue weighted by Crippen LogP contribution is 2.55. The molecule has 59 heavy (non-hydrogen) atoms. The fourth-order valence-electron chi connectivity index (χ4n) is 8.86. The van der Waals surface area contributed by atoms with Gasteiger partial charge in [-0.1, -0.05) is 23.2 Å². The number of anilines is 2. The molecule has 320 valence electrons. The van der Waals surface area contributed by atoms with Gasteiger partial charge in [0.05, 0.1) is 55.3 Å². The normalized spacial score (nSPS) is 26.2. The van der Waals surface area contributed by atoms with E-state index in [0.717, 1.165) is 50.2 Å². The van der Waals surface area contributed by atoms with Crippen LogP contribution >= 0.6 is 23.2 Å². The first-order valence-electron chi connectivity index (χ1n) is 18.4. The summed E-state index contributed by atoms with van der Waals surface area (Å²) in [5.74, 6) is -4.31. The molecule has 2 spiro atoms. The van der Waals surface area contributed by atoms with E-state index in [4.69, 9.17) is 34.7 Å². The number of carbonyl (C=O) groups is 2. The van der Waals surface area contributed by atoms with Crippen LogP contribution in [0.5, 0.6) is 0 Å². The molecule has 2 unspecified atom stereocenters. The topological polar surface area (TPSA) is 272 Å². The Hall–Kier alpha value is -4.50. The number of nitrogens with zero attached hydrogens (tertiary/aromatic N) is 4. The van der Waals surface area contributed by atoms with E-state index in [1.807, 2.05) is 0 Å². The molecule has 4 heterocycles. The lowest BCUT2D eigenvalue weighted by Gasteiger charge is -2.23. The Morgan fingerprint density at radius 1 is 0.678 bits per heavy atom. The van der Waals surface area contributed by atoms with Crippen LogP contribution in [0.3, 0.4) is 0 Å². The molecule has 4 aromatic rings. The average molecular weight is 874 g/mol. The molecule has 12 N–H and O–H groups in total. The fourth-order valence-corrected chi connectivity index (χ4v) is 9.67. The quantitative estimate of drug-likeness (QED) is 0.206. The second-order valence-corrected chi connectivity index (χ2v) is 17.1. The maximum absolute atomic E-state index is 15.0. The van der Waals surface area contributed by atoms with Crippen LogP contribution in [-0.4, -0.2) is 98.3 Å². The number of benzene rings is 2. The highest BCUT2D eigenvalue weighted by Gasteiger charge is 2.55. The molecule has 21 heteroatoms. The van der Waals surface area contributed by atoms with Crippen LogP contribution in [0.2, 0.25) is 10.0 Å². The number of carboxylic acids is 2. The van der Waals surface area contributed by atoms with Gasteiger partial charge in [-0.25, -0.2) is 27.2 Å². The van der Waals surface area contributed by atoms with E-state index in [2.05, 4.69) is 0 Å². The first-order chi connectivity index (χ1) is 26.5. The number of nitrogens with two attached hydrogens (primary N) is 2. The largest absolute Gasteiger partial charge is 0.477 e. The van der Waals surface area contributed by atoms with Crippen LogP contribution < -0.4 is 32.1 Å². The van der Waals surface area contributed by atoms with Gasteiger partial charge in [-0.3, -0.25) is 9.59 Å². The van der Waals surface area contributed by atoms with Gasteiger partial charge in [-0.2, -0.15) is 0 Å². The van der Waals surface area contributed by atoms with Gasteiger partial charge in [-0.05, 0) is 37.8 Å². The number of aromatic nitrogens is 2. The van der Waals surface area contributed by atoms with Gasteiger partial charge in [0.1, 0.15) is 35.1 Å². The standard InChI is InChI=1S/2C19H18ClF2N3O3.3H2O/c2*20-14-15-8(17(26)9(18(27)28)5-25(15)12-4-10(12)21)3-11(22)16(14)24-6-13(23)19(7-24)1-2-19;;;/h2*3,5,10,12-13H,1-2,4,6-7,23H2,(H,27,28);3*1H2/t2*10-,12?,13+;;;/m00.../s1. The summed E-state index contributed by atoms with van der Waals surface area (Å²) in [6.07, 6.45) is 4.22. The number of rotatable bonds is 6. The van der Waals surface area contributed by atoms with Crippen molar-refractivity contribution in [3.63, 3.8) is 0 Å². The van der Waals surface area contributed by atoms with Gasteiger partial charge in [-0.15, -0.1) is 0 Å². The van der Waals surface area contributed by atoms with Gasteiger partial charge < -0.3 is 57.0 Å². The Bertz CT molecular complexity index is 2380. The smallest absolute Gasteiger partial charge is 0.341 e. The van der Waals surface area contributed by atoms with E-state index in [0.29, 0.717) is 26.2 Å². The molecule has 2 aromatic heterocycles. The van der Waals surface area contributed by atoms with Gasteiger partial charge in [0.2, 0.25) is 10.9 Å². The second kappa shape index (κ2) is 14.9. The summed E-state index contributed by atoms with van der Waals surface area (Å²) in [5.41, 5.74) is 10.3. The van der Waals surface area contributed by atoms with Gasteiger partial charge in [0.25, 0.3) is 0 Å². The van der Waals surface area contributed by atoms with E-state index < -0.39 is 70.0 Å². The van der Waals surface area contributed by atoms with Crippen molar-refractivity contribution in [1.82, 2.24) is 9.13 Å². The van der Waals surface area contributed by atoms with Crippen molar-refractivity contribution >= 4 is 68.3 Å². The van der Waals surface area contributed by atoms with Crippen LogP contribution in [0.4, 0.5) is 28.9 Å². The summed E-state index contributed by atoms with van der Waals surface area (Å²) in [5, 5.41) is 18.3. The number of carboxylic acid groups (broad SMARTS) is 2. The van der Waals surface area contributed by atoms with Crippen LogP contribution in [0, 0.1) is 22.5 Å². The molecule has 6 fully saturated rings. The zero-order chi connectivity index (χ0) is 39.9. The summed E-state index contributed by atoms with van der Waals surface area (Å²) >= 11 is 13.1. The number of pyridine rings is 2. The van der Waals surface area contributed by atoms with E-state index in [1.54, 1.807) is 9.80 Å². The van der Waals surface area contributed by atoms with Crippen LogP contribution in [0.25, 0.3) is 21.8 Å². The molecule has 15 nitrogen and oxygen atoms in total. The van der Waals surface area contributed by atoms with Gasteiger partial charge >= 0.3 is 11.9 Å². The first-order valence-corrected chi connectivity index (χ1v) is 19.1. The molecule has 6 aliphatic rings. The highest BCUT2D eigenvalue weighted by molar-refractivity contribution is 6.38. The summed E-state index contributed by atoms with van der Waals surface area (Å²) in [6.45, 7) is 2.02. The van der Waals surface area contributed by atoms with E-state index >= 15 is 8.78 Å². The van der Waals surface area contributed by atoms with Crippen LogP contribution in [0.1, 0.15) is 71.3 Å². The molecule has 2 saturated heterocycles. The highest BCUT2D eigenvalue weighted by atomic mass is 35.5. The van der Waals surface area contributed by atoms with Crippen LogP contribution in [-0.2, 0) is 0 Å². The third-order valence-electron chi connectivity index (χ3n) is 12.7. The minimum absolute atomic E-state index is 0. The van der Waals surface area contributed by atoms with E-state index in [1.165, 1.54) is 9.13 Å². The molecule has 4 aliphatic carbocycles. The molecule has 4 saturated carbocycles. The number of aromatic carboxylic acids is 2. The molecule has 10 rings (SSSR count). The van der Waals surface area contributed by atoms with Crippen molar-refractivity contribution in [3.05, 3.63) is 77.8 Å². The van der Waals surface area contributed by atoms with E-state index in [-0.39, 0.29) is 95.4 Å². The predicted molar refractivity (Wildman–Crippen MR) is 212 cm³/mol. The Morgan fingerprint density at radius 2 is 1.00 bits per heavy atom. The number of hydrogen-bond donors (Lipinski definition) is 4. The molecule has 0 amide bonds. The van der Waals surface area contributed by atoms with E-state index in [9.17, 15) is 38.2 Å². The third kappa shape index (κ3) is 6.89. The molecule has 0 radical (unpaired) electrons.